The normalized spacial score (nSPS) is 13.8. The molecular weight excluding hydrogens is 573 g/mol. The van der Waals surface area contributed by atoms with E-state index in [1.165, 1.54) is 18.2 Å². The van der Waals surface area contributed by atoms with E-state index in [9.17, 15) is 18.8 Å². The number of aryl methyl sites for hydroxylation is 2. The highest BCUT2D eigenvalue weighted by atomic mass is 19.2. The van der Waals surface area contributed by atoms with Crippen LogP contribution in [0.5, 0.6) is 0 Å². The number of carbonyl (C=O) groups excluding carboxylic acids is 3. The molecule has 1 aliphatic rings. The molecule has 0 aliphatic carbocycles. The molecule has 8 nitrogen and oxygen atoms in total. The standard InChI is InChI=1S/C33H37F3N4O4/c1-6-44-29(41)14-26(23-12-21(13-24(35)31(23)36)30-18(4)10-22(34)11-19(30)5)39-33(43)27(9-17(2)3)40-32(42)25-8-7-20-15-37-16-28(20)38-25/h7-8,10-13,17,26-27,37H,6,9,14-16H2,1-5H3,(H,39,43)(H,40,42)/t26-,27-/m0/s1. The SMILES string of the molecule is CCOC(=O)C[C@H](NC(=O)[C@H](CC(C)C)NC(=O)c1ccc2c(n1)CNC2)c1cc(-c2c(C)cc(F)cc2C)cc(F)c1F. The van der Waals surface area contributed by atoms with E-state index in [4.69, 9.17) is 4.74 Å². The fourth-order valence-electron chi connectivity index (χ4n) is 5.49. The monoisotopic (exact) mass is 610 g/mol. The minimum absolute atomic E-state index is 0.0336. The third-order valence-corrected chi connectivity index (χ3v) is 7.45. The molecule has 0 bridgehead atoms. The maximum Gasteiger partial charge on any atom is 0.308 e. The number of esters is 1. The highest BCUT2D eigenvalue weighted by Gasteiger charge is 2.30. The zero-order valence-corrected chi connectivity index (χ0v) is 25.4. The van der Waals surface area contributed by atoms with Gasteiger partial charge in [0.1, 0.15) is 17.6 Å². The van der Waals surface area contributed by atoms with Crippen molar-refractivity contribution in [3.8, 4) is 11.1 Å². The number of fused-ring (bicyclic) bond motifs is 1. The first-order chi connectivity index (χ1) is 20.9. The van der Waals surface area contributed by atoms with E-state index in [1.807, 2.05) is 13.8 Å². The third kappa shape index (κ3) is 7.63. The molecule has 44 heavy (non-hydrogen) atoms. The Bertz CT molecular complexity index is 1550. The van der Waals surface area contributed by atoms with Crippen molar-refractivity contribution >= 4 is 17.8 Å². The van der Waals surface area contributed by atoms with Crippen LogP contribution >= 0.6 is 0 Å². The number of nitrogens with zero attached hydrogens (tertiary/aromatic N) is 1. The first kappa shape index (κ1) is 32.7. The second-order valence-corrected chi connectivity index (χ2v) is 11.4. The van der Waals surface area contributed by atoms with E-state index in [2.05, 4.69) is 20.9 Å². The zero-order valence-electron chi connectivity index (χ0n) is 25.4. The summed E-state index contributed by atoms with van der Waals surface area (Å²) in [6.45, 7) is 9.86. The molecule has 2 amide bonds. The largest absolute Gasteiger partial charge is 0.466 e. The summed E-state index contributed by atoms with van der Waals surface area (Å²) in [6.07, 6.45) is -0.274. The zero-order chi connectivity index (χ0) is 32.1. The smallest absolute Gasteiger partial charge is 0.308 e. The number of carbonyl (C=O) groups is 3. The van der Waals surface area contributed by atoms with Crippen molar-refractivity contribution in [1.82, 2.24) is 20.9 Å². The maximum absolute atomic E-state index is 15.4. The fraction of sp³-hybridized carbons (Fsp3) is 0.394. The number of aromatic nitrogens is 1. The van der Waals surface area contributed by atoms with E-state index >= 15 is 8.78 Å². The number of nitrogens with one attached hydrogen (secondary N) is 3. The van der Waals surface area contributed by atoms with Crippen molar-refractivity contribution in [1.29, 1.82) is 0 Å². The van der Waals surface area contributed by atoms with Crippen LogP contribution in [0.15, 0.2) is 36.4 Å². The Hall–Kier alpha value is -4.25. The number of amides is 2. The number of hydrogen-bond donors (Lipinski definition) is 3. The lowest BCUT2D eigenvalue weighted by molar-refractivity contribution is -0.143. The van der Waals surface area contributed by atoms with Gasteiger partial charge >= 0.3 is 5.97 Å². The fourth-order valence-corrected chi connectivity index (χ4v) is 5.49. The van der Waals surface area contributed by atoms with Crippen molar-refractivity contribution in [2.24, 2.45) is 5.92 Å². The molecule has 2 heterocycles. The molecule has 0 saturated heterocycles. The lowest BCUT2D eigenvalue weighted by Crippen LogP contribution is -2.48. The van der Waals surface area contributed by atoms with E-state index in [0.717, 1.165) is 17.3 Å². The summed E-state index contributed by atoms with van der Waals surface area (Å²) in [5, 5.41) is 8.54. The Kier molecular flexibility index (Phi) is 10.4. The second kappa shape index (κ2) is 14.0. The summed E-state index contributed by atoms with van der Waals surface area (Å²) in [5.74, 6) is -4.95. The van der Waals surface area contributed by atoms with Crippen LogP contribution in [0.1, 0.15) is 78.1 Å². The van der Waals surface area contributed by atoms with Gasteiger partial charge in [0.2, 0.25) is 5.91 Å². The lowest BCUT2D eigenvalue weighted by Gasteiger charge is -2.25. The first-order valence-electron chi connectivity index (χ1n) is 14.6. The van der Waals surface area contributed by atoms with Gasteiger partial charge in [-0.1, -0.05) is 19.9 Å². The van der Waals surface area contributed by atoms with Gasteiger partial charge in [-0.05, 0) is 91.3 Å². The molecule has 2 atom stereocenters. The number of ether oxygens (including phenoxy) is 1. The van der Waals surface area contributed by atoms with Crippen LogP contribution in [0.3, 0.4) is 0 Å². The maximum atomic E-state index is 15.4. The van der Waals surface area contributed by atoms with E-state index in [-0.39, 0.29) is 35.8 Å². The second-order valence-electron chi connectivity index (χ2n) is 11.4. The average molecular weight is 611 g/mol. The van der Waals surface area contributed by atoms with Crippen molar-refractivity contribution in [3.05, 3.63) is 87.5 Å². The Labute approximate surface area is 254 Å². The minimum Gasteiger partial charge on any atom is -0.466 e. The molecule has 2 aromatic carbocycles. The van der Waals surface area contributed by atoms with E-state index in [1.54, 1.807) is 32.9 Å². The quantitative estimate of drug-likeness (QED) is 0.253. The van der Waals surface area contributed by atoms with Gasteiger partial charge in [0.05, 0.1) is 24.8 Å². The molecule has 1 aliphatic heterocycles. The van der Waals surface area contributed by atoms with E-state index < -0.39 is 53.7 Å². The molecular formula is C33H37F3N4O4. The summed E-state index contributed by atoms with van der Waals surface area (Å²) in [4.78, 5) is 43.9. The summed E-state index contributed by atoms with van der Waals surface area (Å²) < 4.78 is 49.6. The van der Waals surface area contributed by atoms with Crippen molar-refractivity contribution < 1.29 is 32.3 Å². The van der Waals surface area contributed by atoms with Crippen LogP contribution in [-0.2, 0) is 27.4 Å². The molecule has 0 spiro atoms. The average Bonchev–Trinajstić information content (AvgIpc) is 3.41. The Balaban J connectivity index is 1.68. The van der Waals surface area contributed by atoms with Crippen molar-refractivity contribution in [2.45, 2.75) is 72.6 Å². The third-order valence-electron chi connectivity index (χ3n) is 7.45. The number of rotatable bonds is 11. The predicted molar refractivity (Wildman–Crippen MR) is 159 cm³/mol. The number of pyridine rings is 1. The summed E-state index contributed by atoms with van der Waals surface area (Å²) in [6, 6.07) is 5.88. The summed E-state index contributed by atoms with van der Waals surface area (Å²) in [5.41, 5.74) is 3.34. The van der Waals surface area contributed by atoms with Crippen LogP contribution in [0.4, 0.5) is 13.2 Å². The van der Waals surface area contributed by atoms with Gasteiger partial charge in [-0.15, -0.1) is 0 Å². The van der Waals surface area contributed by atoms with E-state index in [0.29, 0.717) is 29.8 Å². The first-order valence-corrected chi connectivity index (χ1v) is 14.6. The molecule has 3 aromatic rings. The van der Waals surface area contributed by atoms with Gasteiger partial charge in [-0.3, -0.25) is 14.4 Å². The Morgan fingerprint density at radius 2 is 1.70 bits per heavy atom. The Morgan fingerprint density at radius 3 is 2.36 bits per heavy atom. The summed E-state index contributed by atoms with van der Waals surface area (Å²) >= 11 is 0. The Morgan fingerprint density at radius 1 is 1.00 bits per heavy atom. The van der Waals surface area contributed by atoms with Gasteiger partial charge in [0, 0.05) is 18.7 Å². The summed E-state index contributed by atoms with van der Waals surface area (Å²) in [7, 11) is 0. The van der Waals surface area contributed by atoms with Crippen LogP contribution in [0.2, 0.25) is 0 Å². The molecule has 0 saturated carbocycles. The van der Waals surface area contributed by atoms with Crippen LogP contribution in [0.25, 0.3) is 11.1 Å². The van der Waals surface area contributed by atoms with Gasteiger partial charge in [-0.2, -0.15) is 0 Å². The molecule has 234 valence electrons. The number of hydrogen-bond acceptors (Lipinski definition) is 6. The molecule has 1 aromatic heterocycles. The van der Waals surface area contributed by atoms with Gasteiger partial charge in [0.25, 0.3) is 5.91 Å². The van der Waals surface area contributed by atoms with Gasteiger partial charge in [0.15, 0.2) is 11.6 Å². The number of benzene rings is 2. The van der Waals surface area contributed by atoms with Crippen LogP contribution in [0, 0.1) is 37.2 Å². The van der Waals surface area contributed by atoms with Crippen molar-refractivity contribution in [2.75, 3.05) is 6.61 Å². The van der Waals surface area contributed by atoms with Gasteiger partial charge < -0.3 is 20.7 Å². The lowest BCUT2D eigenvalue weighted by atomic mass is 9.91. The molecule has 0 unspecified atom stereocenters. The van der Waals surface area contributed by atoms with Crippen LogP contribution in [-0.4, -0.2) is 35.4 Å². The molecule has 0 radical (unpaired) electrons. The highest BCUT2D eigenvalue weighted by Crippen LogP contribution is 2.33. The van der Waals surface area contributed by atoms with Gasteiger partial charge in [-0.25, -0.2) is 18.2 Å². The predicted octanol–water partition coefficient (Wildman–Crippen LogP) is 5.34. The molecule has 4 rings (SSSR count). The topological polar surface area (TPSA) is 109 Å². The molecule has 3 N–H and O–H groups in total. The highest BCUT2D eigenvalue weighted by molar-refractivity contribution is 5.96. The molecule has 0 fully saturated rings. The number of halogens is 3. The van der Waals surface area contributed by atoms with Crippen LogP contribution < -0.4 is 16.0 Å². The van der Waals surface area contributed by atoms with Crippen molar-refractivity contribution in [3.63, 3.8) is 0 Å². The molecule has 11 heteroatoms. The minimum atomic E-state index is -1.34.